The average Bonchev–Trinajstić information content (AvgIpc) is 3.08. The molecule has 0 unspecified atom stereocenters. The van der Waals surface area contributed by atoms with Crippen molar-refractivity contribution in [2.75, 3.05) is 14.2 Å². The van der Waals surface area contributed by atoms with Crippen LogP contribution in [0.15, 0.2) is 47.1 Å². The van der Waals surface area contributed by atoms with Gasteiger partial charge in [0.1, 0.15) is 11.3 Å². The van der Waals surface area contributed by atoms with Gasteiger partial charge in [-0.25, -0.2) is 0 Å². The normalized spacial score (nSPS) is 11.1. The van der Waals surface area contributed by atoms with E-state index in [1.54, 1.807) is 18.2 Å². The van der Waals surface area contributed by atoms with E-state index in [0.717, 1.165) is 0 Å². The van der Waals surface area contributed by atoms with Crippen molar-refractivity contribution >= 4 is 22.8 Å². The first kappa shape index (κ1) is 16.4. The Hall–Kier alpha value is -3.41. The van der Waals surface area contributed by atoms with Gasteiger partial charge in [-0.15, -0.1) is 0 Å². The van der Waals surface area contributed by atoms with Gasteiger partial charge in [0.2, 0.25) is 0 Å². The second-order valence-corrected chi connectivity index (χ2v) is 5.25. The molecule has 0 saturated carbocycles. The van der Waals surface area contributed by atoms with Crippen LogP contribution in [-0.2, 0) is 0 Å². The maximum absolute atomic E-state index is 12.7. The number of benzene rings is 2. The Morgan fingerprint density at radius 2 is 1.88 bits per heavy atom. The van der Waals surface area contributed by atoms with Crippen LogP contribution in [0.3, 0.4) is 0 Å². The third kappa shape index (κ3) is 2.89. The summed E-state index contributed by atoms with van der Waals surface area (Å²) in [6.07, 6.45) is 4.23. The number of carbonyl (C=O) groups excluding carboxylic acids is 1. The van der Waals surface area contributed by atoms with Crippen LogP contribution >= 0.6 is 0 Å². The van der Waals surface area contributed by atoms with Gasteiger partial charge in [0, 0.05) is 0 Å². The van der Waals surface area contributed by atoms with Gasteiger partial charge < -0.3 is 24.1 Å². The summed E-state index contributed by atoms with van der Waals surface area (Å²) < 4.78 is 15.9. The maximum Gasteiger partial charge on any atom is 0.193 e. The minimum absolute atomic E-state index is 0.0572. The number of hydrogen-bond acceptors (Lipinski definition) is 6. The first-order chi connectivity index (χ1) is 12.1. The van der Waals surface area contributed by atoms with Crippen LogP contribution < -0.4 is 9.47 Å². The summed E-state index contributed by atoms with van der Waals surface area (Å²) in [5.41, 5.74) is 0.891. The SMILES string of the molecule is COc1c(O)c(C(=O)C=Cc2cccc(O)c2)c(OC)c2occc12. The van der Waals surface area contributed by atoms with Gasteiger partial charge in [-0.1, -0.05) is 18.2 Å². The van der Waals surface area contributed by atoms with Crippen molar-refractivity contribution in [1.29, 1.82) is 0 Å². The molecular formula is C19H16O6. The predicted molar refractivity (Wildman–Crippen MR) is 92.5 cm³/mol. The fraction of sp³-hybridized carbons (Fsp3) is 0.105. The molecule has 0 fully saturated rings. The van der Waals surface area contributed by atoms with Crippen LogP contribution in [0.1, 0.15) is 15.9 Å². The maximum atomic E-state index is 12.7. The number of methoxy groups -OCH3 is 2. The summed E-state index contributed by atoms with van der Waals surface area (Å²) in [5.74, 6) is -0.454. The van der Waals surface area contributed by atoms with Crippen molar-refractivity contribution in [2.45, 2.75) is 0 Å². The molecule has 1 aromatic heterocycles. The quantitative estimate of drug-likeness (QED) is 0.543. The predicted octanol–water partition coefficient (Wildman–Crippen LogP) is 3.76. The zero-order valence-corrected chi connectivity index (χ0v) is 13.6. The van der Waals surface area contributed by atoms with E-state index in [-0.39, 0.29) is 28.6 Å². The summed E-state index contributed by atoms with van der Waals surface area (Å²) in [7, 11) is 2.78. The van der Waals surface area contributed by atoms with E-state index in [9.17, 15) is 15.0 Å². The van der Waals surface area contributed by atoms with E-state index in [0.29, 0.717) is 16.5 Å². The zero-order valence-electron chi connectivity index (χ0n) is 13.6. The first-order valence-electron chi connectivity index (χ1n) is 7.42. The Morgan fingerprint density at radius 1 is 1.12 bits per heavy atom. The largest absolute Gasteiger partial charge is 0.508 e. The smallest absolute Gasteiger partial charge is 0.193 e. The number of furan rings is 1. The lowest BCUT2D eigenvalue weighted by molar-refractivity contribution is 0.104. The van der Waals surface area contributed by atoms with E-state index >= 15 is 0 Å². The average molecular weight is 340 g/mol. The zero-order chi connectivity index (χ0) is 18.0. The van der Waals surface area contributed by atoms with E-state index in [1.165, 1.54) is 44.8 Å². The number of aromatic hydroxyl groups is 2. The van der Waals surface area contributed by atoms with Crippen molar-refractivity contribution < 1.29 is 28.9 Å². The van der Waals surface area contributed by atoms with Crippen LogP contribution in [0, 0.1) is 0 Å². The molecule has 2 N–H and O–H groups in total. The van der Waals surface area contributed by atoms with Crippen molar-refractivity contribution in [2.24, 2.45) is 0 Å². The molecule has 0 saturated heterocycles. The van der Waals surface area contributed by atoms with Gasteiger partial charge in [0.15, 0.2) is 28.6 Å². The van der Waals surface area contributed by atoms with Crippen molar-refractivity contribution in [3.8, 4) is 23.0 Å². The van der Waals surface area contributed by atoms with Gasteiger partial charge in [0.05, 0.1) is 25.9 Å². The topological polar surface area (TPSA) is 89.1 Å². The van der Waals surface area contributed by atoms with E-state index in [2.05, 4.69) is 0 Å². The monoisotopic (exact) mass is 340 g/mol. The number of phenolic OH excluding ortho intramolecular Hbond substituents is 2. The van der Waals surface area contributed by atoms with Crippen molar-refractivity contribution in [3.63, 3.8) is 0 Å². The van der Waals surface area contributed by atoms with Gasteiger partial charge in [-0.05, 0) is 29.8 Å². The lowest BCUT2D eigenvalue weighted by atomic mass is 10.0. The highest BCUT2D eigenvalue weighted by atomic mass is 16.5. The fourth-order valence-corrected chi connectivity index (χ4v) is 2.64. The first-order valence-corrected chi connectivity index (χ1v) is 7.42. The summed E-state index contributed by atoms with van der Waals surface area (Å²) in [6, 6.07) is 8.06. The highest BCUT2D eigenvalue weighted by Crippen LogP contribution is 2.45. The van der Waals surface area contributed by atoms with Gasteiger partial charge >= 0.3 is 0 Å². The van der Waals surface area contributed by atoms with E-state index in [4.69, 9.17) is 13.9 Å². The molecular weight excluding hydrogens is 324 g/mol. The van der Waals surface area contributed by atoms with E-state index < -0.39 is 5.78 Å². The standard InChI is InChI=1S/C19H16O6/c1-23-17-13-8-9-25-18(13)19(24-2)15(16(17)22)14(21)7-6-11-4-3-5-12(20)10-11/h3-10,20,22H,1-2H3. The third-order valence-electron chi connectivity index (χ3n) is 3.75. The lowest BCUT2D eigenvalue weighted by Crippen LogP contribution is -2.02. The molecule has 6 nitrogen and oxygen atoms in total. The lowest BCUT2D eigenvalue weighted by Gasteiger charge is -2.12. The van der Waals surface area contributed by atoms with Crippen LogP contribution in [0.5, 0.6) is 23.0 Å². The Balaban J connectivity index is 2.10. The number of ether oxygens (including phenoxy) is 2. The molecule has 1 heterocycles. The molecule has 0 amide bonds. The Bertz CT molecular complexity index is 967. The van der Waals surface area contributed by atoms with Crippen LogP contribution in [-0.4, -0.2) is 30.2 Å². The van der Waals surface area contributed by atoms with Crippen LogP contribution in [0.4, 0.5) is 0 Å². The molecule has 128 valence electrons. The molecule has 0 aliphatic rings. The molecule has 3 aromatic rings. The second-order valence-electron chi connectivity index (χ2n) is 5.25. The van der Waals surface area contributed by atoms with Crippen LogP contribution in [0.2, 0.25) is 0 Å². The molecule has 6 heteroatoms. The number of allylic oxidation sites excluding steroid dienone is 1. The number of fused-ring (bicyclic) bond motifs is 1. The number of hydrogen-bond donors (Lipinski definition) is 2. The highest BCUT2D eigenvalue weighted by molar-refractivity contribution is 6.14. The number of ketones is 1. The Kier molecular flexibility index (Phi) is 4.35. The Morgan fingerprint density at radius 3 is 2.56 bits per heavy atom. The fourth-order valence-electron chi connectivity index (χ4n) is 2.64. The minimum Gasteiger partial charge on any atom is -0.508 e. The van der Waals surface area contributed by atoms with Crippen molar-refractivity contribution in [3.05, 3.63) is 53.8 Å². The van der Waals surface area contributed by atoms with Gasteiger partial charge in [-0.3, -0.25) is 4.79 Å². The van der Waals surface area contributed by atoms with Crippen molar-refractivity contribution in [1.82, 2.24) is 0 Å². The highest BCUT2D eigenvalue weighted by Gasteiger charge is 2.26. The summed E-state index contributed by atoms with van der Waals surface area (Å²) in [6.45, 7) is 0. The van der Waals surface area contributed by atoms with E-state index in [1.807, 2.05) is 0 Å². The molecule has 0 aliphatic carbocycles. The summed E-state index contributed by atoms with van der Waals surface area (Å²) >= 11 is 0. The second kappa shape index (κ2) is 6.60. The minimum atomic E-state index is -0.491. The molecule has 0 atom stereocenters. The number of rotatable bonds is 5. The van der Waals surface area contributed by atoms with Crippen LogP contribution in [0.25, 0.3) is 17.0 Å². The molecule has 25 heavy (non-hydrogen) atoms. The molecule has 2 aromatic carbocycles. The number of carbonyl (C=O) groups is 1. The van der Waals surface area contributed by atoms with Gasteiger partial charge in [0.25, 0.3) is 0 Å². The Labute approximate surface area is 143 Å². The molecule has 0 bridgehead atoms. The molecule has 0 spiro atoms. The molecule has 0 radical (unpaired) electrons. The number of phenols is 2. The molecule has 3 rings (SSSR count). The molecule has 0 aliphatic heterocycles. The summed E-state index contributed by atoms with van der Waals surface area (Å²) in [4.78, 5) is 12.7. The summed E-state index contributed by atoms with van der Waals surface area (Å²) in [5, 5.41) is 20.5. The van der Waals surface area contributed by atoms with Gasteiger partial charge in [-0.2, -0.15) is 0 Å². The third-order valence-corrected chi connectivity index (χ3v) is 3.75.